The predicted octanol–water partition coefficient (Wildman–Crippen LogP) is 3.90. The van der Waals surface area contributed by atoms with Crippen LogP contribution in [0.3, 0.4) is 0 Å². The SMILES string of the molecule is CCOC(=O)c1cn2c(cc1=O)-c1cc(OS(=O)(=O)C(F)(F)F)c(OCCCOC)cc1[C@H]1CCC(C)(C)N12. The number of methoxy groups -OCH3 is 1. The first-order chi connectivity index (χ1) is 18.2. The molecule has 0 N–H and O–H groups in total. The van der Waals surface area contributed by atoms with Crippen LogP contribution in [0.4, 0.5) is 13.2 Å². The lowest BCUT2D eigenvalue weighted by Gasteiger charge is -2.44. The molecular weight excluding hydrogens is 545 g/mol. The highest BCUT2D eigenvalue weighted by Crippen LogP contribution is 2.51. The van der Waals surface area contributed by atoms with Crippen molar-refractivity contribution < 1.29 is 44.8 Å². The zero-order valence-electron chi connectivity index (χ0n) is 21.8. The normalized spacial score (nSPS) is 17.7. The number of halogens is 3. The van der Waals surface area contributed by atoms with Gasteiger partial charge in [-0.3, -0.25) is 14.5 Å². The number of rotatable bonds is 9. The lowest BCUT2D eigenvalue weighted by Crippen LogP contribution is -2.50. The number of esters is 1. The van der Waals surface area contributed by atoms with E-state index < -0.39 is 38.3 Å². The summed E-state index contributed by atoms with van der Waals surface area (Å²) in [4.78, 5) is 25.4. The maximum atomic E-state index is 13.2. The Bertz CT molecular complexity index is 1440. The fraction of sp³-hybridized carbons (Fsp3) is 0.520. The van der Waals surface area contributed by atoms with E-state index >= 15 is 0 Å². The number of hydrogen-bond donors (Lipinski definition) is 0. The molecule has 39 heavy (non-hydrogen) atoms. The van der Waals surface area contributed by atoms with Crippen LogP contribution in [-0.4, -0.2) is 57.0 Å². The van der Waals surface area contributed by atoms with Crippen LogP contribution in [-0.2, 0) is 19.6 Å². The largest absolute Gasteiger partial charge is 0.534 e. The quantitative estimate of drug-likeness (QED) is 0.190. The second kappa shape index (κ2) is 10.4. The summed E-state index contributed by atoms with van der Waals surface area (Å²) in [5.41, 5.74) is -5.85. The van der Waals surface area contributed by atoms with E-state index in [1.54, 1.807) is 11.6 Å². The van der Waals surface area contributed by atoms with Gasteiger partial charge in [-0.1, -0.05) is 0 Å². The van der Waals surface area contributed by atoms with Gasteiger partial charge in [-0.15, -0.1) is 0 Å². The predicted molar refractivity (Wildman–Crippen MR) is 134 cm³/mol. The molecule has 3 heterocycles. The van der Waals surface area contributed by atoms with Gasteiger partial charge < -0.3 is 18.4 Å². The maximum Gasteiger partial charge on any atom is 0.534 e. The lowest BCUT2D eigenvalue weighted by atomic mass is 9.93. The minimum atomic E-state index is -6.03. The van der Waals surface area contributed by atoms with Crippen molar-refractivity contribution in [2.75, 3.05) is 31.9 Å². The molecule has 14 heteroatoms. The Morgan fingerprint density at radius 1 is 1.15 bits per heavy atom. The Hall–Kier alpha value is -3.26. The van der Waals surface area contributed by atoms with E-state index in [0.717, 1.165) is 6.07 Å². The molecule has 0 spiro atoms. The van der Waals surface area contributed by atoms with E-state index in [-0.39, 0.29) is 41.8 Å². The summed E-state index contributed by atoms with van der Waals surface area (Å²) in [6.07, 6.45) is 3.07. The van der Waals surface area contributed by atoms with Crippen LogP contribution in [0.2, 0.25) is 0 Å². The second-order valence-corrected chi connectivity index (χ2v) is 11.3. The van der Waals surface area contributed by atoms with E-state index in [4.69, 9.17) is 14.2 Å². The van der Waals surface area contributed by atoms with E-state index in [1.807, 2.05) is 18.9 Å². The molecule has 2 aromatic rings. The minimum absolute atomic E-state index is 0.0217. The van der Waals surface area contributed by atoms with Crippen molar-refractivity contribution in [2.45, 2.75) is 57.1 Å². The molecule has 0 aliphatic carbocycles. The van der Waals surface area contributed by atoms with E-state index in [1.165, 1.54) is 25.4 Å². The summed E-state index contributed by atoms with van der Waals surface area (Å²) in [5.74, 6) is -1.68. The van der Waals surface area contributed by atoms with Gasteiger partial charge in [0.1, 0.15) is 5.56 Å². The fourth-order valence-electron chi connectivity index (χ4n) is 4.94. The first kappa shape index (κ1) is 28.7. The summed E-state index contributed by atoms with van der Waals surface area (Å²) < 4.78 is 85.3. The van der Waals surface area contributed by atoms with Gasteiger partial charge in [0.25, 0.3) is 0 Å². The van der Waals surface area contributed by atoms with Gasteiger partial charge in [0.2, 0.25) is 0 Å². The number of hydrogen-bond acceptors (Lipinski definition) is 9. The molecule has 0 radical (unpaired) electrons. The number of alkyl halides is 3. The number of nitrogens with zero attached hydrogens (tertiary/aromatic N) is 2. The molecule has 1 atom stereocenters. The number of aromatic nitrogens is 1. The topological polar surface area (TPSA) is 113 Å². The third-order valence-corrected chi connectivity index (χ3v) is 7.65. The summed E-state index contributed by atoms with van der Waals surface area (Å²) in [7, 11) is -4.55. The van der Waals surface area contributed by atoms with Gasteiger partial charge in [-0.25, -0.2) is 4.79 Å². The van der Waals surface area contributed by atoms with Gasteiger partial charge in [0, 0.05) is 38.0 Å². The van der Waals surface area contributed by atoms with Gasteiger partial charge in [-0.2, -0.15) is 21.6 Å². The highest BCUT2D eigenvalue weighted by atomic mass is 32.2. The first-order valence-corrected chi connectivity index (χ1v) is 13.7. The van der Waals surface area contributed by atoms with E-state index in [9.17, 15) is 31.2 Å². The molecule has 2 aliphatic rings. The van der Waals surface area contributed by atoms with Crippen molar-refractivity contribution >= 4 is 16.1 Å². The van der Waals surface area contributed by atoms with Crippen molar-refractivity contribution in [1.82, 2.24) is 4.68 Å². The van der Waals surface area contributed by atoms with Gasteiger partial charge in [0.05, 0.1) is 30.5 Å². The molecule has 10 nitrogen and oxygen atoms in total. The molecule has 0 unspecified atom stereocenters. The summed E-state index contributed by atoms with van der Waals surface area (Å²) >= 11 is 0. The zero-order valence-corrected chi connectivity index (χ0v) is 22.6. The Morgan fingerprint density at radius 2 is 1.87 bits per heavy atom. The van der Waals surface area contributed by atoms with Gasteiger partial charge >= 0.3 is 21.6 Å². The number of benzene rings is 1. The van der Waals surface area contributed by atoms with Crippen molar-refractivity contribution in [3.05, 3.63) is 45.7 Å². The molecular formula is C25H29F3N2O8S. The number of pyridine rings is 1. The van der Waals surface area contributed by atoms with Gasteiger partial charge in [-0.05, 0) is 51.3 Å². The Labute approximate surface area is 223 Å². The molecule has 4 rings (SSSR count). The molecule has 0 saturated carbocycles. The average Bonchev–Trinajstić information content (AvgIpc) is 3.16. The Kier molecular flexibility index (Phi) is 7.65. The van der Waals surface area contributed by atoms with Crippen molar-refractivity contribution in [1.29, 1.82) is 0 Å². The molecule has 1 fully saturated rings. The van der Waals surface area contributed by atoms with E-state index in [2.05, 4.69) is 4.18 Å². The number of carbonyl (C=O) groups excluding carboxylic acids is 1. The highest BCUT2D eigenvalue weighted by molar-refractivity contribution is 7.88. The third-order valence-electron chi connectivity index (χ3n) is 6.69. The van der Waals surface area contributed by atoms with E-state index in [0.29, 0.717) is 31.4 Å². The minimum Gasteiger partial charge on any atom is -0.490 e. The Balaban J connectivity index is 1.93. The highest BCUT2D eigenvalue weighted by Gasteiger charge is 2.50. The molecule has 0 bridgehead atoms. The molecule has 1 aromatic carbocycles. The number of carbonyl (C=O) groups is 1. The summed E-state index contributed by atoms with van der Waals surface area (Å²) in [6, 6.07) is 3.43. The van der Waals surface area contributed by atoms with Crippen LogP contribution < -0.4 is 19.4 Å². The summed E-state index contributed by atoms with van der Waals surface area (Å²) in [6.45, 7) is 5.97. The standard InChI is InChI=1S/C25H29F3N2O8S/c1-5-36-23(32)17-14-29-19(13-20(17)31)16-12-22(38-39(33,34)25(26,27)28)21(37-10-6-9-35-4)11-15(16)18-7-8-24(2,3)30(18)29/h11-14,18H,5-10H2,1-4H3/t18-/m1/s1. The van der Waals surface area contributed by atoms with Crippen molar-refractivity contribution in [3.8, 4) is 22.8 Å². The molecule has 1 saturated heterocycles. The maximum absolute atomic E-state index is 13.2. The monoisotopic (exact) mass is 574 g/mol. The average molecular weight is 575 g/mol. The van der Waals surface area contributed by atoms with Crippen molar-refractivity contribution in [2.24, 2.45) is 0 Å². The van der Waals surface area contributed by atoms with Crippen LogP contribution in [0.25, 0.3) is 11.3 Å². The Morgan fingerprint density at radius 3 is 2.51 bits per heavy atom. The van der Waals surface area contributed by atoms with Crippen LogP contribution in [0.15, 0.2) is 29.2 Å². The second-order valence-electron chi connectivity index (χ2n) is 9.78. The molecule has 214 valence electrons. The zero-order chi connectivity index (χ0) is 28.8. The molecule has 0 amide bonds. The third kappa shape index (κ3) is 5.31. The fourth-order valence-corrected chi connectivity index (χ4v) is 5.41. The van der Waals surface area contributed by atoms with Crippen LogP contribution in [0.1, 0.15) is 62.0 Å². The summed E-state index contributed by atoms with van der Waals surface area (Å²) in [5, 5.41) is 1.98. The molecule has 1 aromatic heterocycles. The van der Waals surface area contributed by atoms with Crippen LogP contribution >= 0.6 is 0 Å². The van der Waals surface area contributed by atoms with Gasteiger partial charge in [0.15, 0.2) is 16.9 Å². The smallest absolute Gasteiger partial charge is 0.490 e. The van der Waals surface area contributed by atoms with Crippen LogP contribution in [0, 0.1) is 0 Å². The number of ether oxygens (including phenoxy) is 3. The van der Waals surface area contributed by atoms with Crippen molar-refractivity contribution in [3.63, 3.8) is 0 Å². The first-order valence-electron chi connectivity index (χ1n) is 12.3. The molecule has 2 aliphatic heterocycles. The van der Waals surface area contributed by atoms with Crippen LogP contribution in [0.5, 0.6) is 11.5 Å². The lowest BCUT2D eigenvalue weighted by molar-refractivity contribution is -0.0500. The number of fused-ring (bicyclic) bond motifs is 6.